The summed E-state index contributed by atoms with van der Waals surface area (Å²) in [5.41, 5.74) is 10.6. The van der Waals surface area contributed by atoms with Crippen LogP contribution in [0.1, 0.15) is 0 Å². The lowest BCUT2D eigenvalue weighted by atomic mass is 9.95. The number of hydrogen-bond donors (Lipinski definition) is 0. The van der Waals surface area contributed by atoms with E-state index < -0.39 is 0 Å². The lowest BCUT2D eigenvalue weighted by molar-refractivity contribution is 0.620. The Balaban J connectivity index is 1.000. The van der Waals surface area contributed by atoms with Crippen LogP contribution in [0.15, 0.2) is 174 Å². The van der Waals surface area contributed by atoms with Crippen LogP contribution in [-0.2, 0) is 0 Å². The van der Waals surface area contributed by atoms with E-state index in [9.17, 15) is 0 Å². The van der Waals surface area contributed by atoms with Gasteiger partial charge in [-0.1, -0.05) is 127 Å². The summed E-state index contributed by atoms with van der Waals surface area (Å²) in [4.78, 5) is 0. The smallest absolute Gasteiger partial charge is 0.142 e. The van der Waals surface area contributed by atoms with Crippen LogP contribution < -0.4 is 0 Å². The second-order valence-corrected chi connectivity index (χ2v) is 15.4. The summed E-state index contributed by atoms with van der Waals surface area (Å²) in [6.07, 6.45) is 1.93. The first-order valence-corrected chi connectivity index (χ1v) is 18.9. The van der Waals surface area contributed by atoms with Gasteiger partial charge in [-0.3, -0.25) is 0 Å². The quantitative estimate of drug-likeness (QED) is 0.180. The predicted molar refractivity (Wildman–Crippen MR) is 221 cm³/mol. The summed E-state index contributed by atoms with van der Waals surface area (Å²) in [6, 6.07) is 59.8. The zero-order chi connectivity index (χ0) is 33.5. The van der Waals surface area contributed by atoms with Crippen molar-refractivity contribution in [3.05, 3.63) is 170 Å². The van der Waals surface area contributed by atoms with Gasteiger partial charge in [0.15, 0.2) is 0 Å². The highest BCUT2D eigenvalue weighted by atomic mass is 32.1. The minimum atomic E-state index is 0.924. The second-order valence-electron chi connectivity index (χ2n) is 13.3. The first kappa shape index (κ1) is 28.8. The van der Waals surface area contributed by atoms with E-state index in [4.69, 9.17) is 4.42 Å². The van der Waals surface area contributed by atoms with E-state index in [-0.39, 0.29) is 0 Å². The Bertz CT molecular complexity index is 3150. The lowest BCUT2D eigenvalue weighted by Gasteiger charge is -2.09. The number of fused-ring (bicyclic) bond motifs is 9. The van der Waals surface area contributed by atoms with Gasteiger partial charge in [0.1, 0.15) is 5.58 Å². The molecule has 11 aromatic rings. The third-order valence-corrected chi connectivity index (χ3v) is 12.8. The summed E-state index contributed by atoms with van der Waals surface area (Å²) in [5.74, 6) is 0. The van der Waals surface area contributed by atoms with Crippen molar-refractivity contribution in [1.82, 2.24) is 0 Å². The maximum absolute atomic E-state index is 6.44. The molecule has 0 radical (unpaired) electrons. The fraction of sp³-hybridized carbons (Fsp3) is 0. The molecule has 0 unspecified atom stereocenters. The van der Waals surface area contributed by atoms with Gasteiger partial charge in [-0.2, -0.15) is 0 Å². The largest absolute Gasteiger partial charge is 0.463 e. The van der Waals surface area contributed by atoms with Crippen LogP contribution in [0.4, 0.5) is 0 Å². The minimum absolute atomic E-state index is 0.924. The molecule has 3 heterocycles. The van der Waals surface area contributed by atoms with Crippen molar-refractivity contribution in [2.75, 3.05) is 0 Å². The van der Waals surface area contributed by atoms with Crippen molar-refractivity contribution >= 4 is 84.8 Å². The standard InChI is InChI=1S/C48H28OS2/c1-3-19-44-37(13-1)40-17-7-15-35(47(40)50-44)32-10-5-9-30(25-32)31-22-21-29-23-24-39-43(28-49-46(39)42(29)27-31)34-12-6-11-33(26-34)36-16-8-18-41-38-14-2-4-20-45(38)51-48(36)41/h1-28H. The van der Waals surface area contributed by atoms with E-state index in [0.717, 1.165) is 27.5 Å². The third kappa shape index (κ3) is 4.52. The molecule has 0 aliphatic heterocycles. The molecule has 11 rings (SSSR count). The van der Waals surface area contributed by atoms with E-state index in [1.807, 2.05) is 28.9 Å². The van der Waals surface area contributed by atoms with Gasteiger partial charge in [0.05, 0.1) is 6.26 Å². The molecule has 238 valence electrons. The summed E-state index contributed by atoms with van der Waals surface area (Å²) in [5, 5.41) is 8.71. The fourth-order valence-electron chi connectivity index (χ4n) is 7.89. The number of furan rings is 1. The molecule has 0 atom stereocenters. The van der Waals surface area contributed by atoms with Gasteiger partial charge in [-0.05, 0) is 80.7 Å². The Hall–Kier alpha value is -6.00. The molecule has 0 aliphatic rings. The molecule has 0 spiro atoms. The average molecular weight is 685 g/mol. The van der Waals surface area contributed by atoms with E-state index in [1.165, 1.54) is 79.1 Å². The van der Waals surface area contributed by atoms with Crippen molar-refractivity contribution in [3.63, 3.8) is 0 Å². The van der Waals surface area contributed by atoms with Gasteiger partial charge >= 0.3 is 0 Å². The number of thiophene rings is 2. The zero-order valence-electron chi connectivity index (χ0n) is 27.4. The first-order chi connectivity index (χ1) is 25.3. The number of hydrogen-bond acceptors (Lipinski definition) is 3. The SMILES string of the molecule is c1cc(-c2ccc3ccc4c(-c5cccc(-c6cccc7c6sc6ccccc67)c5)coc4c3c2)cc(-c2cccc3c2sc2ccccc23)c1. The van der Waals surface area contributed by atoms with Gasteiger partial charge in [-0.15, -0.1) is 22.7 Å². The van der Waals surface area contributed by atoms with Crippen LogP contribution in [0.25, 0.3) is 107 Å². The Labute approximate surface area is 302 Å². The summed E-state index contributed by atoms with van der Waals surface area (Å²) in [6.45, 7) is 0. The molecule has 3 aromatic heterocycles. The second kappa shape index (κ2) is 11.3. The molecule has 0 saturated heterocycles. The molecule has 8 aromatic carbocycles. The van der Waals surface area contributed by atoms with Gasteiger partial charge < -0.3 is 4.42 Å². The Morgan fingerprint density at radius 2 is 0.843 bits per heavy atom. The normalized spacial score (nSPS) is 11.9. The first-order valence-electron chi connectivity index (χ1n) is 17.2. The lowest BCUT2D eigenvalue weighted by Crippen LogP contribution is -1.84. The molecule has 3 heteroatoms. The molecule has 0 aliphatic carbocycles. The Kier molecular flexibility index (Phi) is 6.36. The van der Waals surface area contributed by atoms with Crippen LogP contribution in [0.2, 0.25) is 0 Å². The van der Waals surface area contributed by atoms with Gasteiger partial charge in [0, 0.05) is 56.7 Å². The molecule has 51 heavy (non-hydrogen) atoms. The van der Waals surface area contributed by atoms with Crippen molar-refractivity contribution in [2.45, 2.75) is 0 Å². The highest BCUT2D eigenvalue weighted by molar-refractivity contribution is 7.26. The maximum atomic E-state index is 6.44. The van der Waals surface area contributed by atoms with Crippen LogP contribution in [0, 0.1) is 0 Å². The number of benzene rings is 8. The zero-order valence-corrected chi connectivity index (χ0v) is 29.0. The van der Waals surface area contributed by atoms with Crippen molar-refractivity contribution in [2.24, 2.45) is 0 Å². The van der Waals surface area contributed by atoms with Crippen LogP contribution >= 0.6 is 22.7 Å². The van der Waals surface area contributed by atoms with Gasteiger partial charge in [0.25, 0.3) is 0 Å². The summed E-state index contributed by atoms with van der Waals surface area (Å²) >= 11 is 3.75. The molecule has 0 saturated carbocycles. The van der Waals surface area contributed by atoms with Crippen molar-refractivity contribution in [3.8, 4) is 44.5 Å². The summed E-state index contributed by atoms with van der Waals surface area (Å²) in [7, 11) is 0. The molecule has 0 amide bonds. The predicted octanol–water partition coefficient (Wildman–Crippen LogP) is 15.0. The highest BCUT2D eigenvalue weighted by Crippen LogP contribution is 2.43. The molecule has 0 fully saturated rings. The van der Waals surface area contributed by atoms with Crippen LogP contribution in [0.3, 0.4) is 0 Å². The third-order valence-electron chi connectivity index (χ3n) is 10.4. The number of rotatable bonds is 4. The van der Waals surface area contributed by atoms with Crippen LogP contribution in [0.5, 0.6) is 0 Å². The fourth-order valence-corrected chi connectivity index (χ4v) is 10.4. The van der Waals surface area contributed by atoms with Gasteiger partial charge in [-0.25, -0.2) is 0 Å². The van der Waals surface area contributed by atoms with E-state index in [0.29, 0.717) is 0 Å². The molecule has 0 N–H and O–H groups in total. The van der Waals surface area contributed by atoms with Crippen molar-refractivity contribution in [1.29, 1.82) is 0 Å². The van der Waals surface area contributed by atoms with E-state index in [2.05, 4.69) is 164 Å². The maximum Gasteiger partial charge on any atom is 0.142 e. The van der Waals surface area contributed by atoms with E-state index in [1.54, 1.807) is 0 Å². The minimum Gasteiger partial charge on any atom is -0.463 e. The topological polar surface area (TPSA) is 13.1 Å². The van der Waals surface area contributed by atoms with E-state index >= 15 is 0 Å². The highest BCUT2D eigenvalue weighted by Gasteiger charge is 2.16. The molecular formula is C48H28OS2. The Morgan fingerprint density at radius 3 is 1.51 bits per heavy atom. The molecular weight excluding hydrogens is 657 g/mol. The van der Waals surface area contributed by atoms with Crippen LogP contribution in [-0.4, -0.2) is 0 Å². The molecule has 0 bridgehead atoms. The monoisotopic (exact) mass is 684 g/mol. The van der Waals surface area contributed by atoms with Gasteiger partial charge in [0.2, 0.25) is 0 Å². The summed E-state index contributed by atoms with van der Waals surface area (Å²) < 4.78 is 11.8. The Morgan fingerprint density at radius 1 is 0.333 bits per heavy atom. The van der Waals surface area contributed by atoms with Crippen molar-refractivity contribution < 1.29 is 4.42 Å². The molecule has 1 nitrogen and oxygen atoms in total. The average Bonchev–Trinajstić information content (AvgIpc) is 3.91.